The van der Waals surface area contributed by atoms with Crippen molar-refractivity contribution in [2.24, 2.45) is 0 Å². The van der Waals surface area contributed by atoms with Crippen molar-refractivity contribution in [3.8, 4) is 0 Å². The Kier molecular flexibility index (Phi) is 7.54. The fourth-order valence-electron chi connectivity index (χ4n) is 3.77. The zero-order chi connectivity index (χ0) is 26.0. The third kappa shape index (κ3) is 6.82. The standard InChI is InChI=1S/C25H34N4O6/c1-24(2,3)34-22(32)19-17(20(30)26-13-12-16-10-8-7-9-11-16)14-28-15-18(21(31)29(19)28)27-23(33)35-25(4,5)6/h7-11,18H,12-15H2,1-6H3,(H,26,30)(H,27,33)/t18-/m0/s1. The van der Waals surface area contributed by atoms with Gasteiger partial charge in [-0.3, -0.25) is 9.59 Å². The second-order valence-electron chi connectivity index (χ2n) is 10.5. The maximum Gasteiger partial charge on any atom is 0.408 e. The normalized spacial score (nSPS) is 18.4. The van der Waals surface area contributed by atoms with Gasteiger partial charge in [0.15, 0.2) is 5.70 Å². The molecular weight excluding hydrogens is 452 g/mol. The van der Waals surface area contributed by atoms with Crippen LogP contribution in [-0.4, -0.2) is 70.8 Å². The second-order valence-corrected chi connectivity index (χ2v) is 10.5. The molecule has 0 spiro atoms. The Labute approximate surface area is 205 Å². The number of hydrogen-bond donors (Lipinski definition) is 2. The molecule has 0 saturated carbocycles. The summed E-state index contributed by atoms with van der Waals surface area (Å²) in [5, 5.41) is 8.08. The Morgan fingerprint density at radius 2 is 1.63 bits per heavy atom. The summed E-state index contributed by atoms with van der Waals surface area (Å²) in [6, 6.07) is 8.77. The van der Waals surface area contributed by atoms with Crippen LogP contribution in [0.5, 0.6) is 0 Å². The molecule has 190 valence electrons. The highest BCUT2D eigenvalue weighted by Gasteiger charge is 2.50. The monoisotopic (exact) mass is 486 g/mol. The van der Waals surface area contributed by atoms with Gasteiger partial charge in [-0.2, -0.15) is 0 Å². The van der Waals surface area contributed by atoms with Crippen LogP contribution in [0.1, 0.15) is 47.1 Å². The smallest absolute Gasteiger partial charge is 0.408 e. The molecule has 2 N–H and O–H groups in total. The minimum Gasteiger partial charge on any atom is -0.455 e. The van der Waals surface area contributed by atoms with Gasteiger partial charge in [0, 0.05) is 13.1 Å². The Hall–Kier alpha value is -3.40. The molecule has 0 aromatic heterocycles. The number of nitrogens with zero attached hydrogens (tertiary/aromatic N) is 2. The molecule has 10 heteroatoms. The first kappa shape index (κ1) is 26.2. The molecule has 0 unspecified atom stereocenters. The van der Waals surface area contributed by atoms with E-state index < -0.39 is 41.1 Å². The van der Waals surface area contributed by atoms with Gasteiger partial charge < -0.3 is 20.1 Å². The Morgan fingerprint density at radius 3 is 2.23 bits per heavy atom. The third-order valence-corrected chi connectivity index (χ3v) is 5.12. The predicted molar refractivity (Wildman–Crippen MR) is 128 cm³/mol. The molecule has 0 radical (unpaired) electrons. The van der Waals surface area contributed by atoms with Crippen molar-refractivity contribution in [2.45, 2.75) is 65.2 Å². The average Bonchev–Trinajstić information content (AvgIpc) is 3.23. The summed E-state index contributed by atoms with van der Waals surface area (Å²) < 4.78 is 10.7. The van der Waals surface area contributed by atoms with Crippen LogP contribution in [0, 0.1) is 0 Å². The maximum atomic E-state index is 13.2. The molecule has 2 aliphatic heterocycles. The number of amides is 3. The summed E-state index contributed by atoms with van der Waals surface area (Å²) in [5.74, 6) is -1.76. The van der Waals surface area contributed by atoms with Gasteiger partial charge in [-0.05, 0) is 53.5 Å². The lowest BCUT2D eigenvalue weighted by atomic mass is 10.1. The lowest BCUT2D eigenvalue weighted by Crippen LogP contribution is -2.45. The number of hydrogen-bond acceptors (Lipinski definition) is 7. The zero-order valence-electron chi connectivity index (χ0n) is 21.1. The summed E-state index contributed by atoms with van der Waals surface area (Å²) >= 11 is 0. The highest BCUT2D eigenvalue weighted by atomic mass is 16.6. The molecule has 10 nitrogen and oxygen atoms in total. The summed E-state index contributed by atoms with van der Waals surface area (Å²) in [4.78, 5) is 51.5. The van der Waals surface area contributed by atoms with E-state index >= 15 is 0 Å². The number of alkyl carbamates (subject to hydrolysis) is 1. The van der Waals surface area contributed by atoms with Gasteiger partial charge in [0.2, 0.25) is 0 Å². The molecule has 3 amide bonds. The van der Waals surface area contributed by atoms with Crippen molar-refractivity contribution in [1.82, 2.24) is 20.7 Å². The van der Waals surface area contributed by atoms with Crippen LogP contribution in [0.15, 0.2) is 41.6 Å². The van der Waals surface area contributed by atoms with Gasteiger partial charge in [-0.25, -0.2) is 19.6 Å². The number of hydrazine groups is 1. The van der Waals surface area contributed by atoms with Crippen molar-refractivity contribution in [3.63, 3.8) is 0 Å². The van der Waals surface area contributed by atoms with E-state index in [9.17, 15) is 19.2 Å². The largest absolute Gasteiger partial charge is 0.455 e. The predicted octanol–water partition coefficient (Wildman–Crippen LogP) is 1.91. The molecule has 1 atom stereocenters. The van der Waals surface area contributed by atoms with Crippen molar-refractivity contribution in [2.75, 3.05) is 19.6 Å². The topological polar surface area (TPSA) is 117 Å². The summed E-state index contributed by atoms with van der Waals surface area (Å²) in [6.07, 6.45) is -0.115. The molecule has 35 heavy (non-hydrogen) atoms. The van der Waals surface area contributed by atoms with E-state index in [0.29, 0.717) is 13.0 Å². The molecule has 2 heterocycles. The van der Waals surface area contributed by atoms with Gasteiger partial charge in [-0.1, -0.05) is 30.3 Å². The van der Waals surface area contributed by atoms with Gasteiger partial charge in [0.05, 0.1) is 12.1 Å². The minimum atomic E-state index is -0.926. The van der Waals surface area contributed by atoms with Crippen molar-refractivity contribution in [1.29, 1.82) is 0 Å². The Morgan fingerprint density at radius 1 is 1.00 bits per heavy atom. The quantitative estimate of drug-likeness (QED) is 0.590. The summed E-state index contributed by atoms with van der Waals surface area (Å²) in [6.45, 7) is 10.8. The lowest BCUT2D eigenvalue weighted by Gasteiger charge is -2.24. The fraction of sp³-hybridized carbons (Fsp3) is 0.520. The van der Waals surface area contributed by atoms with E-state index in [0.717, 1.165) is 10.6 Å². The van der Waals surface area contributed by atoms with Gasteiger partial charge in [0.1, 0.15) is 17.2 Å². The molecule has 1 aromatic carbocycles. The van der Waals surface area contributed by atoms with Crippen LogP contribution >= 0.6 is 0 Å². The van der Waals surface area contributed by atoms with E-state index in [1.54, 1.807) is 46.6 Å². The molecule has 0 bridgehead atoms. The van der Waals surface area contributed by atoms with Gasteiger partial charge >= 0.3 is 12.1 Å². The number of carbonyl (C=O) groups excluding carboxylic acids is 4. The number of rotatable bonds is 6. The molecule has 0 aliphatic carbocycles. The fourth-order valence-corrected chi connectivity index (χ4v) is 3.77. The molecular formula is C25H34N4O6. The summed E-state index contributed by atoms with van der Waals surface area (Å²) in [5.41, 5.74) is -0.471. The lowest BCUT2D eigenvalue weighted by molar-refractivity contribution is -0.156. The van der Waals surface area contributed by atoms with Crippen LogP contribution in [0.3, 0.4) is 0 Å². The van der Waals surface area contributed by atoms with Gasteiger partial charge in [0.25, 0.3) is 11.8 Å². The van der Waals surface area contributed by atoms with Crippen LogP contribution < -0.4 is 10.6 Å². The number of nitrogens with one attached hydrogen (secondary N) is 2. The Bertz CT molecular complexity index is 1020. The number of ether oxygens (including phenoxy) is 2. The first-order chi connectivity index (χ1) is 16.2. The van der Waals surface area contributed by atoms with Crippen LogP contribution in [-0.2, 0) is 30.3 Å². The van der Waals surface area contributed by atoms with Crippen LogP contribution in [0.2, 0.25) is 0 Å². The molecule has 3 rings (SSSR count). The highest BCUT2D eigenvalue weighted by Crippen LogP contribution is 2.31. The van der Waals surface area contributed by atoms with Crippen molar-refractivity contribution in [3.05, 3.63) is 47.2 Å². The van der Waals surface area contributed by atoms with Crippen LogP contribution in [0.4, 0.5) is 4.79 Å². The van der Waals surface area contributed by atoms with E-state index in [-0.39, 0.29) is 24.4 Å². The highest BCUT2D eigenvalue weighted by molar-refractivity contribution is 6.07. The van der Waals surface area contributed by atoms with E-state index in [1.165, 1.54) is 0 Å². The SMILES string of the molecule is CC(C)(C)OC(=O)N[C@H]1CN2CC(C(=O)NCCc3ccccc3)=C(C(=O)OC(C)(C)C)N2C1=O. The van der Waals surface area contributed by atoms with E-state index in [4.69, 9.17) is 9.47 Å². The Balaban J connectivity index is 1.77. The van der Waals surface area contributed by atoms with Crippen molar-refractivity contribution < 1.29 is 28.7 Å². The average molecular weight is 487 g/mol. The number of carbonyl (C=O) groups is 4. The molecule has 1 aromatic rings. The molecule has 1 fully saturated rings. The van der Waals surface area contributed by atoms with Gasteiger partial charge in [-0.15, -0.1) is 0 Å². The summed E-state index contributed by atoms with van der Waals surface area (Å²) in [7, 11) is 0. The van der Waals surface area contributed by atoms with E-state index in [1.807, 2.05) is 30.3 Å². The maximum absolute atomic E-state index is 13.2. The third-order valence-electron chi connectivity index (χ3n) is 5.12. The first-order valence-corrected chi connectivity index (χ1v) is 11.6. The zero-order valence-corrected chi connectivity index (χ0v) is 21.1. The van der Waals surface area contributed by atoms with E-state index in [2.05, 4.69) is 10.6 Å². The van der Waals surface area contributed by atoms with Crippen LogP contribution in [0.25, 0.3) is 0 Å². The number of esters is 1. The number of fused-ring (bicyclic) bond motifs is 1. The molecule has 1 saturated heterocycles. The second kappa shape index (κ2) is 10.1. The van der Waals surface area contributed by atoms with Crippen molar-refractivity contribution >= 4 is 23.9 Å². The number of benzene rings is 1. The minimum absolute atomic E-state index is 0.0317. The molecule has 2 aliphatic rings. The first-order valence-electron chi connectivity index (χ1n) is 11.6.